The topological polar surface area (TPSA) is 52.3 Å². The van der Waals surface area contributed by atoms with Crippen molar-refractivity contribution in [2.75, 3.05) is 7.11 Å². The molecule has 0 amide bonds. The standard InChI is InChI=1S/C21H23F2NO2/c1-13(2)14-4-6-15(7-5-14)17(10-11-20(24)21(25)26-3)18-9-8-16(22)12-19(18)23/h4-10,12-13,20H,11,24H2,1-3H3/b17-10+. The average molecular weight is 359 g/mol. The largest absolute Gasteiger partial charge is 0.468 e. The number of hydrogen-bond donors (Lipinski definition) is 1. The van der Waals surface area contributed by atoms with Crippen LogP contribution in [0.1, 0.15) is 42.9 Å². The molecule has 0 spiro atoms. The number of halogens is 2. The van der Waals surface area contributed by atoms with Crippen LogP contribution in [-0.4, -0.2) is 19.1 Å². The fourth-order valence-corrected chi connectivity index (χ4v) is 2.63. The molecule has 138 valence electrons. The maximum Gasteiger partial charge on any atom is 0.322 e. The van der Waals surface area contributed by atoms with Crippen molar-refractivity contribution in [3.63, 3.8) is 0 Å². The van der Waals surface area contributed by atoms with Gasteiger partial charge in [0.2, 0.25) is 0 Å². The van der Waals surface area contributed by atoms with Gasteiger partial charge < -0.3 is 10.5 Å². The lowest BCUT2D eigenvalue weighted by molar-refractivity contribution is -0.142. The summed E-state index contributed by atoms with van der Waals surface area (Å²) in [5, 5.41) is 0. The van der Waals surface area contributed by atoms with Gasteiger partial charge in [-0.2, -0.15) is 0 Å². The molecule has 0 aliphatic rings. The maximum atomic E-state index is 14.3. The first-order chi connectivity index (χ1) is 12.3. The van der Waals surface area contributed by atoms with Gasteiger partial charge >= 0.3 is 5.97 Å². The second-order valence-electron chi connectivity index (χ2n) is 6.38. The van der Waals surface area contributed by atoms with E-state index < -0.39 is 23.6 Å². The first-order valence-electron chi connectivity index (χ1n) is 8.42. The van der Waals surface area contributed by atoms with Crippen molar-refractivity contribution >= 4 is 11.5 Å². The highest BCUT2D eigenvalue weighted by Crippen LogP contribution is 2.28. The smallest absolute Gasteiger partial charge is 0.322 e. The summed E-state index contributed by atoms with van der Waals surface area (Å²) in [6.45, 7) is 4.17. The van der Waals surface area contributed by atoms with Crippen LogP contribution in [0.4, 0.5) is 8.78 Å². The van der Waals surface area contributed by atoms with Crippen LogP contribution in [0.5, 0.6) is 0 Å². The highest BCUT2D eigenvalue weighted by Gasteiger charge is 2.16. The van der Waals surface area contributed by atoms with Gasteiger partial charge in [-0.25, -0.2) is 8.78 Å². The Morgan fingerprint density at radius 1 is 1.15 bits per heavy atom. The number of carbonyl (C=O) groups is 1. The molecule has 3 nitrogen and oxygen atoms in total. The molecule has 0 aliphatic heterocycles. The Labute approximate surface area is 152 Å². The normalized spacial score (nSPS) is 13.0. The highest BCUT2D eigenvalue weighted by molar-refractivity contribution is 5.81. The average Bonchev–Trinajstić information content (AvgIpc) is 2.62. The molecule has 2 N–H and O–H groups in total. The number of rotatable bonds is 6. The number of esters is 1. The minimum Gasteiger partial charge on any atom is -0.468 e. The van der Waals surface area contributed by atoms with Crippen molar-refractivity contribution < 1.29 is 18.3 Å². The Kier molecular flexibility index (Phi) is 6.64. The second-order valence-corrected chi connectivity index (χ2v) is 6.38. The van der Waals surface area contributed by atoms with E-state index in [-0.39, 0.29) is 12.0 Å². The van der Waals surface area contributed by atoms with E-state index >= 15 is 0 Å². The third-order valence-electron chi connectivity index (χ3n) is 4.19. The van der Waals surface area contributed by atoms with Crippen molar-refractivity contribution in [3.8, 4) is 0 Å². The zero-order valence-electron chi connectivity index (χ0n) is 15.1. The Bertz CT molecular complexity index is 798. The Morgan fingerprint density at radius 2 is 1.81 bits per heavy atom. The van der Waals surface area contributed by atoms with Crippen molar-refractivity contribution in [1.82, 2.24) is 0 Å². The number of carbonyl (C=O) groups excluding carboxylic acids is 1. The molecule has 2 aromatic carbocycles. The Morgan fingerprint density at radius 3 is 2.35 bits per heavy atom. The van der Waals surface area contributed by atoms with E-state index in [0.29, 0.717) is 11.5 Å². The molecule has 0 saturated heterocycles. The van der Waals surface area contributed by atoms with Crippen molar-refractivity contribution in [3.05, 3.63) is 76.9 Å². The fraction of sp³-hybridized carbons (Fsp3) is 0.286. The molecule has 2 aromatic rings. The minimum absolute atomic E-state index is 0.171. The molecule has 1 atom stereocenters. The highest BCUT2D eigenvalue weighted by atomic mass is 19.1. The number of nitrogens with two attached hydrogens (primary N) is 1. The van der Waals surface area contributed by atoms with E-state index in [2.05, 4.69) is 18.6 Å². The van der Waals surface area contributed by atoms with Gasteiger partial charge in [-0.3, -0.25) is 4.79 Å². The second kappa shape index (κ2) is 8.72. The lowest BCUT2D eigenvalue weighted by Gasteiger charge is -2.13. The summed E-state index contributed by atoms with van der Waals surface area (Å²) in [5.74, 6) is -1.50. The summed E-state index contributed by atoms with van der Waals surface area (Å²) in [6.07, 6.45) is 1.85. The Hall–Kier alpha value is -2.53. The van der Waals surface area contributed by atoms with Crippen LogP contribution in [0.2, 0.25) is 0 Å². The summed E-state index contributed by atoms with van der Waals surface area (Å²) in [5.41, 5.74) is 8.50. The number of methoxy groups -OCH3 is 1. The number of benzene rings is 2. The van der Waals surface area contributed by atoms with Crippen LogP contribution in [0.25, 0.3) is 5.57 Å². The van der Waals surface area contributed by atoms with Crippen LogP contribution in [0.15, 0.2) is 48.5 Å². The molecule has 0 radical (unpaired) electrons. The van der Waals surface area contributed by atoms with E-state index in [1.165, 1.54) is 19.2 Å². The first-order valence-corrected chi connectivity index (χ1v) is 8.42. The Balaban J connectivity index is 2.45. The maximum absolute atomic E-state index is 14.3. The van der Waals surface area contributed by atoms with E-state index in [4.69, 9.17) is 5.73 Å². The molecule has 2 rings (SSSR count). The van der Waals surface area contributed by atoms with Crippen molar-refractivity contribution in [2.45, 2.75) is 32.2 Å². The summed E-state index contributed by atoms with van der Waals surface area (Å²) < 4.78 is 32.2. The van der Waals surface area contributed by atoms with Gasteiger partial charge in [0, 0.05) is 11.6 Å². The van der Waals surface area contributed by atoms with E-state index in [9.17, 15) is 13.6 Å². The molecule has 0 saturated carbocycles. The molecule has 0 aliphatic carbocycles. The quantitative estimate of drug-likeness (QED) is 0.777. The van der Waals surface area contributed by atoms with Crippen LogP contribution < -0.4 is 5.73 Å². The van der Waals surface area contributed by atoms with Gasteiger partial charge in [0.1, 0.15) is 17.7 Å². The third kappa shape index (κ3) is 4.76. The zero-order chi connectivity index (χ0) is 19.3. The van der Waals surface area contributed by atoms with Crippen LogP contribution >= 0.6 is 0 Å². The molecule has 1 unspecified atom stereocenters. The predicted molar refractivity (Wildman–Crippen MR) is 98.6 cm³/mol. The summed E-state index contributed by atoms with van der Waals surface area (Å²) in [6, 6.07) is 10.3. The van der Waals surface area contributed by atoms with Crippen LogP contribution in [-0.2, 0) is 9.53 Å². The van der Waals surface area contributed by atoms with Gasteiger partial charge in [-0.1, -0.05) is 44.2 Å². The fourth-order valence-electron chi connectivity index (χ4n) is 2.63. The predicted octanol–water partition coefficient (Wildman–Crippen LogP) is 4.41. The van der Waals surface area contributed by atoms with E-state index in [1.54, 1.807) is 6.08 Å². The summed E-state index contributed by atoms with van der Waals surface area (Å²) in [4.78, 5) is 11.5. The molecular formula is C21H23F2NO2. The SMILES string of the molecule is COC(=O)C(N)C/C=C(\c1ccc(C(C)C)cc1)c1ccc(F)cc1F. The van der Waals surface area contributed by atoms with Crippen molar-refractivity contribution in [1.29, 1.82) is 0 Å². The van der Waals surface area contributed by atoms with Crippen molar-refractivity contribution in [2.24, 2.45) is 5.73 Å². The first kappa shape index (κ1) is 19.8. The summed E-state index contributed by atoms with van der Waals surface area (Å²) in [7, 11) is 1.26. The lowest BCUT2D eigenvalue weighted by Crippen LogP contribution is -2.30. The summed E-state index contributed by atoms with van der Waals surface area (Å²) >= 11 is 0. The number of hydrogen-bond acceptors (Lipinski definition) is 3. The van der Waals surface area contributed by atoms with Gasteiger partial charge in [0.25, 0.3) is 0 Å². The van der Waals surface area contributed by atoms with Crippen LogP contribution in [0, 0.1) is 11.6 Å². The molecular weight excluding hydrogens is 336 g/mol. The van der Waals surface area contributed by atoms with Gasteiger partial charge in [-0.05, 0) is 41.2 Å². The van der Waals surface area contributed by atoms with Gasteiger partial charge in [-0.15, -0.1) is 0 Å². The zero-order valence-corrected chi connectivity index (χ0v) is 15.1. The molecule has 0 aromatic heterocycles. The van der Waals surface area contributed by atoms with Crippen LogP contribution in [0.3, 0.4) is 0 Å². The molecule has 0 heterocycles. The van der Waals surface area contributed by atoms with Gasteiger partial charge in [0.05, 0.1) is 7.11 Å². The molecule has 0 bridgehead atoms. The number of ether oxygens (including phenoxy) is 1. The van der Waals surface area contributed by atoms with E-state index in [0.717, 1.165) is 17.2 Å². The van der Waals surface area contributed by atoms with Gasteiger partial charge in [0.15, 0.2) is 0 Å². The monoisotopic (exact) mass is 359 g/mol. The lowest BCUT2D eigenvalue weighted by atomic mass is 9.93. The molecule has 5 heteroatoms. The third-order valence-corrected chi connectivity index (χ3v) is 4.19. The minimum atomic E-state index is -0.853. The molecule has 26 heavy (non-hydrogen) atoms. The van der Waals surface area contributed by atoms with E-state index in [1.807, 2.05) is 24.3 Å². The molecule has 0 fully saturated rings.